The van der Waals surface area contributed by atoms with E-state index in [1.165, 1.54) is 17.2 Å². The van der Waals surface area contributed by atoms with Crippen LogP contribution in [-0.2, 0) is 19.1 Å². The van der Waals surface area contributed by atoms with Gasteiger partial charge in [-0.15, -0.1) is 0 Å². The molecule has 3 heterocycles. The lowest BCUT2D eigenvalue weighted by molar-refractivity contribution is -0.461. The number of hydrogen-bond donors (Lipinski definition) is 9. The zero-order valence-corrected chi connectivity index (χ0v) is 21.3. The summed E-state index contributed by atoms with van der Waals surface area (Å²) in [7, 11) is 0. The highest BCUT2D eigenvalue weighted by Crippen LogP contribution is 2.33. The summed E-state index contributed by atoms with van der Waals surface area (Å²) in [6.45, 7) is 0.477. The topological polar surface area (TPSA) is 273 Å². The van der Waals surface area contributed by atoms with Crippen molar-refractivity contribution in [2.75, 3.05) is 31.9 Å². The van der Waals surface area contributed by atoms with Crippen LogP contribution in [0.15, 0.2) is 12.7 Å². The monoisotopic (exact) mass is 550 g/mol. The summed E-state index contributed by atoms with van der Waals surface area (Å²) in [5, 5.41) is 29.0. The third-order valence-electron chi connectivity index (χ3n) is 6.16. The summed E-state index contributed by atoms with van der Waals surface area (Å²) < 4.78 is 7.44. The molecule has 5 atom stereocenters. The van der Waals surface area contributed by atoms with E-state index in [-0.39, 0.29) is 18.9 Å². The summed E-state index contributed by atoms with van der Waals surface area (Å²) in [6, 6.07) is -0.820. The van der Waals surface area contributed by atoms with Crippen LogP contribution in [0, 0.1) is 0 Å². The molecular weight excluding hydrogens is 514 g/mol. The van der Waals surface area contributed by atoms with Crippen molar-refractivity contribution >= 4 is 41.0 Å². The number of ether oxygens (including phenoxy) is 1. The van der Waals surface area contributed by atoms with E-state index >= 15 is 0 Å². The van der Waals surface area contributed by atoms with Gasteiger partial charge in [-0.05, 0) is 25.7 Å². The molecule has 0 unspecified atom stereocenters. The number of nitrogen functional groups attached to an aromatic ring is 1. The number of aldehydes is 1. The number of amides is 2. The van der Waals surface area contributed by atoms with Crippen molar-refractivity contribution in [2.24, 2.45) is 11.5 Å². The number of aliphatic hydroxyl groups excluding tert-OH is 2. The molecule has 0 radical (unpaired) electrons. The Bertz CT molecular complexity index is 1160. The maximum absolute atomic E-state index is 12.1. The quantitative estimate of drug-likeness (QED) is 0.0460. The Hall–Kier alpha value is -3.93. The normalized spacial score (nSPS) is 22.0. The third kappa shape index (κ3) is 7.79. The summed E-state index contributed by atoms with van der Waals surface area (Å²) >= 11 is 0. The molecule has 1 aliphatic rings. The number of carbonyl (C=O) groups excluding carboxylic acids is 3. The lowest BCUT2D eigenvalue weighted by Crippen LogP contribution is -2.79. The highest BCUT2D eigenvalue weighted by atomic mass is 16.6. The van der Waals surface area contributed by atoms with E-state index in [1.54, 1.807) is 0 Å². The highest BCUT2D eigenvalue weighted by molar-refractivity contribution is 5.89. The Labute approximate surface area is 223 Å². The lowest BCUT2D eigenvalue weighted by Gasteiger charge is -2.16. The predicted molar refractivity (Wildman–Crippen MR) is 137 cm³/mol. The average molecular weight is 551 g/mol. The van der Waals surface area contributed by atoms with Gasteiger partial charge in [0.2, 0.25) is 11.8 Å². The fraction of sp³-hybridized carbons (Fsp3) is 0.591. The maximum Gasteiger partial charge on any atom is 0.341 e. The zero-order valence-electron chi connectivity index (χ0n) is 21.3. The smallest absolute Gasteiger partial charge is 0.341 e. The summed E-state index contributed by atoms with van der Waals surface area (Å²) in [5.74, 6) is -0.429. The van der Waals surface area contributed by atoms with Gasteiger partial charge in [-0.25, -0.2) is 15.0 Å². The average Bonchev–Trinajstić information content (AvgIpc) is 3.48. The Kier molecular flexibility index (Phi) is 10.9. The molecule has 2 aromatic heterocycles. The van der Waals surface area contributed by atoms with E-state index in [1.807, 2.05) is 0 Å². The van der Waals surface area contributed by atoms with Crippen molar-refractivity contribution in [1.29, 1.82) is 0 Å². The van der Waals surface area contributed by atoms with Gasteiger partial charge in [-0.2, -0.15) is 0 Å². The Morgan fingerprint density at radius 3 is 2.74 bits per heavy atom. The molecule has 1 fully saturated rings. The SMILES string of the molecule is NCC(=O)N[C@@H](CCC[NH+]=C(N)NCCC[C@H]1O[C@@H](n2cnc3c(N)ncnc32)[C@H](O)[C@@H]1O)C(=O)NCC=O. The van der Waals surface area contributed by atoms with E-state index in [0.29, 0.717) is 62.2 Å². The second-order valence-electron chi connectivity index (χ2n) is 8.92. The number of imidazole rings is 1. The summed E-state index contributed by atoms with van der Waals surface area (Å²) in [4.78, 5) is 49.4. The van der Waals surface area contributed by atoms with E-state index in [4.69, 9.17) is 21.9 Å². The number of hydrogen-bond acceptors (Lipinski definition) is 11. The number of nitrogens with zero attached hydrogens (tertiary/aromatic N) is 4. The molecule has 1 aliphatic heterocycles. The number of nitrogens with one attached hydrogen (secondary N) is 4. The van der Waals surface area contributed by atoms with E-state index < -0.39 is 42.4 Å². The number of fused-ring (bicyclic) bond motifs is 1. The molecule has 1 saturated heterocycles. The van der Waals surface area contributed by atoms with Crippen LogP contribution >= 0.6 is 0 Å². The first kappa shape index (κ1) is 29.6. The molecule has 0 aliphatic carbocycles. The number of guanidine groups is 1. The van der Waals surface area contributed by atoms with Crippen molar-refractivity contribution < 1.29 is 34.3 Å². The first-order valence-electron chi connectivity index (χ1n) is 12.5. The first-order valence-corrected chi connectivity index (χ1v) is 12.5. The fourth-order valence-corrected chi connectivity index (χ4v) is 4.16. The van der Waals surface area contributed by atoms with Crippen LogP contribution < -0.4 is 38.1 Å². The molecule has 2 aromatic rings. The van der Waals surface area contributed by atoms with Crippen molar-refractivity contribution in [3.63, 3.8) is 0 Å². The van der Waals surface area contributed by atoms with Crippen LogP contribution in [0.3, 0.4) is 0 Å². The molecule has 0 aromatic carbocycles. The Morgan fingerprint density at radius 2 is 2.00 bits per heavy atom. The van der Waals surface area contributed by atoms with Gasteiger partial charge in [0, 0.05) is 0 Å². The minimum Gasteiger partial charge on any atom is -0.388 e. The molecule has 214 valence electrons. The fourth-order valence-electron chi connectivity index (χ4n) is 4.16. The van der Waals surface area contributed by atoms with Gasteiger partial charge in [0.15, 0.2) is 17.7 Å². The second-order valence-corrected chi connectivity index (χ2v) is 8.92. The van der Waals surface area contributed by atoms with Crippen LogP contribution in [0.4, 0.5) is 5.82 Å². The van der Waals surface area contributed by atoms with Gasteiger partial charge in [-0.3, -0.25) is 30.2 Å². The minimum absolute atomic E-state index is 0.149. The maximum atomic E-state index is 12.1. The van der Waals surface area contributed by atoms with E-state index in [9.17, 15) is 24.6 Å². The molecule has 0 bridgehead atoms. The van der Waals surface area contributed by atoms with E-state index in [2.05, 4.69) is 35.9 Å². The largest absolute Gasteiger partial charge is 0.388 e. The van der Waals surface area contributed by atoms with Gasteiger partial charge >= 0.3 is 5.96 Å². The van der Waals surface area contributed by atoms with Crippen LogP contribution in [0.5, 0.6) is 0 Å². The van der Waals surface area contributed by atoms with Crippen molar-refractivity contribution in [2.45, 2.75) is 56.3 Å². The standard InChI is InChI=1S/C22H35N11O6/c23-9-14(35)32-12(20(38)26-7-8-34)3-1-5-27-22(25)28-6-2-4-13-16(36)17(37)21(39-13)33-11-31-15-18(24)29-10-30-19(15)33/h8,10-13,16-17,21,36-37H,1-7,9,23H2,(H,26,38)(H,32,35)(H2,24,29,30)(H3,25,27,28)/p+1/t12-,13+,16+,17+,21+/m0/s1. The molecule has 17 nitrogen and oxygen atoms in total. The molecule has 2 amide bonds. The van der Waals surface area contributed by atoms with Crippen molar-refractivity contribution in [1.82, 2.24) is 35.5 Å². The van der Waals surface area contributed by atoms with Crippen molar-refractivity contribution in [3.8, 4) is 0 Å². The molecular formula is C22H36N11O6+. The van der Waals surface area contributed by atoms with Gasteiger partial charge in [0.25, 0.3) is 0 Å². The second kappa shape index (κ2) is 14.3. The van der Waals surface area contributed by atoms with Gasteiger partial charge < -0.3 is 41.8 Å². The molecule has 0 spiro atoms. The molecule has 17 heteroatoms. The van der Waals surface area contributed by atoms with E-state index in [0.717, 1.165) is 0 Å². The number of anilines is 1. The molecule has 3 rings (SSSR count). The number of aromatic nitrogens is 4. The number of aliphatic hydroxyl groups is 2. The lowest BCUT2D eigenvalue weighted by atomic mass is 10.1. The molecule has 12 N–H and O–H groups in total. The number of carbonyl (C=O) groups is 3. The predicted octanol–water partition coefficient (Wildman–Crippen LogP) is -5.67. The van der Waals surface area contributed by atoms with Crippen LogP contribution in [0.2, 0.25) is 0 Å². The Balaban J connectivity index is 1.41. The van der Waals surface area contributed by atoms with Crippen LogP contribution in [0.25, 0.3) is 11.2 Å². The van der Waals surface area contributed by atoms with Gasteiger partial charge in [0.05, 0.1) is 38.6 Å². The number of rotatable bonds is 14. The summed E-state index contributed by atoms with van der Waals surface area (Å²) in [5.41, 5.74) is 17.8. The Morgan fingerprint density at radius 1 is 1.21 bits per heavy atom. The molecule has 0 saturated carbocycles. The third-order valence-corrected chi connectivity index (χ3v) is 6.16. The highest BCUT2D eigenvalue weighted by Gasteiger charge is 2.44. The van der Waals surface area contributed by atoms with Crippen LogP contribution in [0.1, 0.15) is 31.9 Å². The first-order chi connectivity index (χ1) is 18.8. The molecule has 39 heavy (non-hydrogen) atoms. The minimum atomic E-state index is -1.19. The van der Waals surface area contributed by atoms with Gasteiger partial charge in [0.1, 0.15) is 36.4 Å². The zero-order chi connectivity index (χ0) is 28.4. The summed E-state index contributed by atoms with van der Waals surface area (Å²) in [6.07, 6.45) is 1.30. The number of nitrogens with two attached hydrogens (primary N) is 3. The van der Waals surface area contributed by atoms with Crippen molar-refractivity contribution in [3.05, 3.63) is 12.7 Å². The van der Waals surface area contributed by atoms with Crippen LogP contribution in [-0.4, -0.2) is 104 Å². The van der Waals surface area contributed by atoms with Gasteiger partial charge in [-0.1, -0.05) is 0 Å².